The SMILES string of the molecule is Nc1ccc(CCOC(=O)/C=C/c2ccc(OC(=O)c3ccc(OCC(F)(F)C(F)(F)F)cc3)cc2)c(N)c1. The monoisotopic (exact) mass is 550 g/mol. The fourth-order valence-electron chi connectivity index (χ4n) is 3.07. The first-order valence-electron chi connectivity index (χ1n) is 11.3. The zero-order valence-electron chi connectivity index (χ0n) is 20.2. The molecule has 0 bridgehead atoms. The van der Waals surface area contributed by atoms with E-state index in [0.717, 1.165) is 29.8 Å². The van der Waals surface area contributed by atoms with Crippen molar-refractivity contribution in [2.45, 2.75) is 18.5 Å². The summed E-state index contributed by atoms with van der Waals surface area (Å²) in [6.45, 7) is -1.77. The number of hydrogen-bond acceptors (Lipinski definition) is 7. The minimum absolute atomic E-state index is 0.0115. The first-order chi connectivity index (χ1) is 18.3. The molecule has 0 fully saturated rings. The van der Waals surface area contributed by atoms with E-state index >= 15 is 0 Å². The number of benzene rings is 3. The van der Waals surface area contributed by atoms with Crippen LogP contribution in [0, 0.1) is 0 Å². The van der Waals surface area contributed by atoms with Gasteiger partial charge < -0.3 is 25.7 Å². The number of carbonyl (C=O) groups excluding carboxylic acids is 2. The minimum atomic E-state index is -5.74. The van der Waals surface area contributed by atoms with Crippen molar-refractivity contribution in [2.75, 3.05) is 24.7 Å². The third-order valence-corrected chi connectivity index (χ3v) is 5.21. The number of esters is 2. The van der Waals surface area contributed by atoms with Crippen molar-refractivity contribution in [2.24, 2.45) is 0 Å². The van der Waals surface area contributed by atoms with Crippen LogP contribution in [-0.4, -0.2) is 37.3 Å². The molecule has 0 amide bonds. The molecule has 206 valence electrons. The number of nitrogens with two attached hydrogens (primary N) is 2. The number of carbonyl (C=O) groups is 2. The van der Waals surface area contributed by atoms with Crippen LogP contribution in [0.2, 0.25) is 0 Å². The standard InChI is InChI=1S/C27H23F5N2O5/c28-26(29,27(30,31)32)16-38-21-10-5-19(6-11-21)25(36)39-22-8-1-17(2-9-22)3-12-24(35)37-14-13-18-4-7-20(33)15-23(18)34/h1-12,15H,13-14,16,33-34H2/b12-3+. The normalized spacial score (nSPS) is 11.8. The van der Waals surface area contributed by atoms with Crippen LogP contribution >= 0.6 is 0 Å². The Bertz CT molecular complexity index is 1320. The zero-order chi connectivity index (χ0) is 28.6. The van der Waals surface area contributed by atoms with Crippen LogP contribution in [0.25, 0.3) is 6.08 Å². The van der Waals surface area contributed by atoms with Crippen LogP contribution in [0.5, 0.6) is 11.5 Å². The maximum absolute atomic E-state index is 13.0. The highest BCUT2D eigenvalue weighted by atomic mass is 19.4. The fraction of sp³-hybridized carbons (Fsp3) is 0.185. The number of anilines is 2. The molecule has 0 radical (unpaired) electrons. The zero-order valence-corrected chi connectivity index (χ0v) is 20.2. The molecule has 7 nitrogen and oxygen atoms in total. The number of alkyl halides is 5. The molecule has 0 unspecified atom stereocenters. The van der Waals surface area contributed by atoms with Crippen molar-refractivity contribution in [3.63, 3.8) is 0 Å². The Balaban J connectivity index is 1.46. The number of nitrogen functional groups attached to an aromatic ring is 2. The number of ether oxygens (including phenoxy) is 3. The Morgan fingerprint density at radius 3 is 2.10 bits per heavy atom. The van der Waals surface area contributed by atoms with Crippen LogP contribution in [0.15, 0.2) is 72.8 Å². The van der Waals surface area contributed by atoms with Crippen LogP contribution in [-0.2, 0) is 16.0 Å². The van der Waals surface area contributed by atoms with Gasteiger partial charge in [0.1, 0.15) is 11.5 Å². The third-order valence-electron chi connectivity index (χ3n) is 5.21. The van der Waals surface area contributed by atoms with Crippen LogP contribution in [0.1, 0.15) is 21.5 Å². The van der Waals surface area contributed by atoms with Crippen molar-refractivity contribution in [1.29, 1.82) is 0 Å². The number of hydrogen-bond donors (Lipinski definition) is 2. The summed E-state index contributed by atoms with van der Waals surface area (Å²) in [5.74, 6) is -6.48. The molecule has 0 heterocycles. The molecule has 0 saturated carbocycles. The van der Waals surface area contributed by atoms with E-state index in [1.165, 1.54) is 24.3 Å². The molecule has 0 atom stereocenters. The maximum Gasteiger partial charge on any atom is 0.456 e. The second-order valence-electron chi connectivity index (χ2n) is 8.18. The minimum Gasteiger partial charge on any atom is -0.487 e. The molecule has 4 N–H and O–H groups in total. The Morgan fingerprint density at radius 1 is 0.846 bits per heavy atom. The van der Waals surface area contributed by atoms with Gasteiger partial charge in [-0.3, -0.25) is 0 Å². The summed E-state index contributed by atoms with van der Waals surface area (Å²) in [5.41, 5.74) is 14.0. The van der Waals surface area contributed by atoms with Crippen molar-refractivity contribution in [1.82, 2.24) is 0 Å². The van der Waals surface area contributed by atoms with Gasteiger partial charge in [-0.05, 0) is 65.7 Å². The molecule has 3 aromatic carbocycles. The summed E-state index contributed by atoms with van der Waals surface area (Å²) >= 11 is 0. The third kappa shape index (κ3) is 8.45. The molecule has 0 aliphatic carbocycles. The quantitative estimate of drug-likeness (QED) is 0.114. The van der Waals surface area contributed by atoms with Crippen LogP contribution < -0.4 is 20.9 Å². The van der Waals surface area contributed by atoms with Gasteiger partial charge in [0.15, 0.2) is 6.61 Å². The Hall–Kier alpha value is -4.61. The molecule has 3 aromatic rings. The van der Waals surface area contributed by atoms with Gasteiger partial charge in [0.05, 0.1) is 12.2 Å². The van der Waals surface area contributed by atoms with Crippen LogP contribution in [0.4, 0.5) is 33.3 Å². The van der Waals surface area contributed by atoms with Gasteiger partial charge in [0.2, 0.25) is 0 Å². The first-order valence-corrected chi connectivity index (χ1v) is 11.3. The summed E-state index contributed by atoms with van der Waals surface area (Å²) in [6.07, 6.45) is -2.57. The average molecular weight is 550 g/mol. The van der Waals surface area contributed by atoms with Crippen LogP contribution in [0.3, 0.4) is 0 Å². The Labute approximate surface area is 219 Å². The number of halogens is 5. The smallest absolute Gasteiger partial charge is 0.456 e. The van der Waals surface area contributed by atoms with E-state index in [9.17, 15) is 31.5 Å². The van der Waals surface area contributed by atoms with Gasteiger partial charge in [-0.2, -0.15) is 22.0 Å². The summed E-state index contributed by atoms with van der Waals surface area (Å²) in [6, 6.07) is 15.7. The van der Waals surface area contributed by atoms with Gasteiger partial charge >= 0.3 is 24.0 Å². The molecule has 0 aromatic heterocycles. The van der Waals surface area contributed by atoms with Crippen molar-refractivity contribution < 1.29 is 45.8 Å². The van der Waals surface area contributed by atoms with Crippen molar-refractivity contribution >= 4 is 29.4 Å². The van der Waals surface area contributed by atoms with Crippen molar-refractivity contribution in [3.05, 3.63) is 89.5 Å². The topological polar surface area (TPSA) is 114 Å². The molecule has 3 rings (SSSR count). The van der Waals surface area contributed by atoms with E-state index < -0.39 is 30.6 Å². The average Bonchev–Trinajstić information content (AvgIpc) is 2.88. The molecule has 12 heteroatoms. The predicted molar refractivity (Wildman–Crippen MR) is 133 cm³/mol. The Morgan fingerprint density at radius 2 is 1.49 bits per heavy atom. The van der Waals surface area contributed by atoms with Gasteiger partial charge in [-0.1, -0.05) is 18.2 Å². The number of rotatable bonds is 10. The van der Waals surface area contributed by atoms with E-state index in [2.05, 4.69) is 4.74 Å². The molecule has 39 heavy (non-hydrogen) atoms. The second kappa shape index (κ2) is 12.3. The van der Waals surface area contributed by atoms with E-state index in [0.29, 0.717) is 23.4 Å². The van der Waals surface area contributed by atoms with Gasteiger partial charge in [0.25, 0.3) is 0 Å². The Kier molecular flexibility index (Phi) is 9.12. The highest BCUT2D eigenvalue weighted by Crippen LogP contribution is 2.35. The van der Waals surface area contributed by atoms with E-state index in [4.69, 9.17) is 20.9 Å². The van der Waals surface area contributed by atoms with E-state index in [1.807, 2.05) is 0 Å². The lowest BCUT2D eigenvalue weighted by atomic mass is 10.1. The molecule has 0 saturated heterocycles. The largest absolute Gasteiger partial charge is 0.487 e. The second-order valence-corrected chi connectivity index (χ2v) is 8.18. The van der Waals surface area contributed by atoms with Gasteiger partial charge in [-0.15, -0.1) is 0 Å². The molecule has 0 spiro atoms. The van der Waals surface area contributed by atoms with E-state index in [-0.39, 0.29) is 23.7 Å². The lowest BCUT2D eigenvalue weighted by molar-refractivity contribution is -0.290. The molecular formula is C27H23F5N2O5. The predicted octanol–water partition coefficient (Wildman–Crippen LogP) is 5.45. The van der Waals surface area contributed by atoms with Gasteiger partial charge in [-0.25, -0.2) is 9.59 Å². The first kappa shape index (κ1) is 29.0. The van der Waals surface area contributed by atoms with Gasteiger partial charge in [0, 0.05) is 23.9 Å². The van der Waals surface area contributed by atoms with Crippen molar-refractivity contribution in [3.8, 4) is 11.5 Å². The lowest BCUT2D eigenvalue weighted by Gasteiger charge is -2.19. The molecular weight excluding hydrogens is 527 g/mol. The lowest BCUT2D eigenvalue weighted by Crippen LogP contribution is -2.41. The summed E-state index contributed by atoms with van der Waals surface area (Å²) in [5, 5.41) is 0. The highest BCUT2D eigenvalue weighted by Gasteiger charge is 2.58. The molecule has 0 aliphatic rings. The summed E-state index contributed by atoms with van der Waals surface area (Å²) < 4.78 is 77.4. The summed E-state index contributed by atoms with van der Waals surface area (Å²) in [7, 11) is 0. The highest BCUT2D eigenvalue weighted by molar-refractivity contribution is 5.91. The maximum atomic E-state index is 13.0. The summed E-state index contributed by atoms with van der Waals surface area (Å²) in [4.78, 5) is 24.2. The van der Waals surface area contributed by atoms with E-state index in [1.54, 1.807) is 30.3 Å². The molecule has 0 aliphatic heterocycles. The fourth-order valence-corrected chi connectivity index (χ4v) is 3.07.